The monoisotopic (exact) mass is 530 g/mol. The molecular weight excluding hydrogens is 488 g/mol. The molecule has 6 nitrogen and oxygen atoms in total. The maximum Gasteiger partial charge on any atom is 0.227 e. The van der Waals surface area contributed by atoms with Gasteiger partial charge in [0, 0.05) is 24.0 Å². The molecule has 2 aliphatic heterocycles. The Hall–Kier alpha value is -1.38. The van der Waals surface area contributed by atoms with E-state index in [1.807, 2.05) is 30.3 Å². The molecule has 0 radical (unpaired) electrons. The minimum absolute atomic E-state index is 0.0237. The molecule has 1 aromatic carbocycles. The maximum atomic E-state index is 13.7. The predicted octanol–water partition coefficient (Wildman–Crippen LogP) is 5.86. The van der Waals surface area contributed by atoms with Crippen LogP contribution in [0, 0.1) is 23.2 Å². The number of epoxide rings is 1. The number of benzene rings is 1. The lowest BCUT2D eigenvalue weighted by atomic mass is 9.48. The number of carbonyl (C=O) groups excluding carboxylic acids is 1. The third-order valence-corrected chi connectivity index (χ3v) is 10.1. The molecule has 2 heterocycles. The number of ketones is 1. The fraction of sp³-hybridized carbons (Fsp3) is 0.700. The number of allylic oxidation sites excluding steroid dienone is 1. The average Bonchev–Trinajstić information content (AvgIpc) is 3.64. The fourth-order valence-corrected chi connectivity index (χ4v) is 8.20. The summed E-state index contributed by atoms with van der Waals surface area (Å²) in [6.07, 6.45) is 5.95. The smallest absolute Gasteiger partial charge is 0.227 e. The van der Waals surface area contributed by atoms with Crippen molar-refractivity contribution < 1.29 is 28.5 Å². The van der Waals surface area contributed by atoms with Crippen LogP contribution in [0.1, 0.15) is 63.7 Å². The number of fused-ring (bicyclic) bond motifs is 1. The van der Waals surface area contributed by atoms with E-state index in [0.29, 0.717) is 35.7 Å². The highest BCUT2D eigenvalue weighted by Crippen LogP contribution is 2.72. The Kier molecular flexibility index (Phi) is 7.58. The normalized spacial score (nSPS) is 39.9. The van der Waals surface area contributed by atoms with Crippen LogP contribution in [-0.2, 0) is 23.7 Å². The van der Waals surface area contributed by atoms with Crippen molar-refractivity contribution in [2.45, 2.75) is 76.8 Å². The molecule has 7 atom stereocenters. The van der Waals surface area contributed by atoms with Crippen molar-refractivity contribution in [1.82, 2.24) is 0 Å². The maximum absolute atomic E-state index is 13.7. The predicted molar refractivity (Wildman–Crippen MR) is 144 cm³/mol. The van der Waals surface area contributed by atoms with Crippen LogP contribution in [0.15, 0.2) is 41.7 Å². The van der Waals surface area contributed by atoms with Gasteiger partial charge < -0.3 is 23.7 Å². The minimum atomic E-state index is -0.550. The molecule has 37 heavy (non-hydrogen) atoms. The lowest BCUT2D eigenvalue weighted by molar-refractivity contribution is -0.264. The molecule has 0 aromatic heterocycles. The number of rotatable bonds is 9. The van der Waals surface area contributed by atoms with Crippen molar-refractivity contribution in [2.75, 3.05) is 32.7 Å². The van der Waals surface area contributed by atoms with E-state index >= 15 is 0 Å². The van der Waals surface area contributed by atoms with Gasteiger partial charge in [0.15, 0.2) is 12.6 Å². The minimum Gasteiger partial charge on any atom is -0.463 e. The summed E-state index contributed by atoms with van der Waals surface area (Å²) in [5, 5.41) is 0. The van der Waals surface area contributed by atoms with Gasteiger partial charge in [0.1, 0.15) is 11.2 Å². The molecule has 0 amide bonds. The van der Waals surface area contributed by atoms with Crippen LogP contribution < -0.4 is 0 Å². The Bertz CT molecular complexity index is 1030. The van der Waals surface area contributed by atoms with Gasteiger partial charge in [-0.2, -0.15) is 0 Å². The summed E-state index contributed by atoms with van der Waals surface area (Å²) < 4.78 is 31.6. The molecule has 5 rings (SSSR count). The zero-order valence-corrected chi connectivity index (χ0v) is 23.9. The van der Waals surface area contributed by atoms with Gasteiger partial charge in [0.2, 0.25) is 5.78 Å². The number of thioether (sulfide) groups is 1. The molecule has 4 aliphatic rings. The molecule has 2 saturated heterocycles. The number of methoxy groups -OCH3 is 1. The number of carbonyl (C=O) groups is 1. The van der Waals surface area contributed by atoms with Crippen molar-refractivity contribution in [3.8, 4) is 0 Å². The molecule has 204 valence electrons. The summed E-state index contributed by atoms with van der Waals surface area (Å²) in [5.41, 5.74) is 0.477. The molecule has 4 fully saturated rings. The average molecular weight is 531 g/mol. The van der Waals surface area contributed by atoms with Gasteiger partial charge in [0.05, 0.1) is 24.8 Å². The van der Waals surface area contributed by atoms with Crippen molar-refractivity contribution in [1.29, 1.82) is 0 Å². The number of hydrogen-bond donors (Lipinski definition) is 0. The SMILES string of the molecule is COCO/C(C(=O)c1ccccc1)=C1\CCCC2(C)C1COC1(C)C(OCSC)C(C(C)C)CC3OC321. The van der Waals surface area contributed by atoms with Crippen LogP contribution in [-0.4, -0.2) is 61.9 Å². The summed E-state index contributed by atoms with van der Waals surface area (Å²) in [5.74, 6) is 1.82. The van der Waals surface area contributed by atoms with Gasteiger partial charge in [-0.25, -0.2) is 0 Å². The lowest BCUT2D eigenvalue weighted by Gasteiger charge is -2.61. The topological polar surface area (TPSA) is 66.5 Å². The van der Waals surface area contributed by atoms with E-state index in [1.54, 1.807) is 18.9 Å². The first-order chi connectivity index (χ1) is 17.7. The first-order valence-corrected chi connectivity index (χ1v) is 15.0. The van der Waals surface area contributed by atoms with Crippen LogP contribution in [0.5, 0.6) is 0 Å². The van der Waals surface area contributed by atoms with E-state index in [4.69, 9.17) is 23.7 Å². The molecule has 2 saturated carbocycles. The van der Waals surface area contributed by atoms with Crippen LogP contribution in [0.4, 0.5) is 0 Å². The third-order valence-electron chi connectivity index (χ3n) is 9.69. The van der Waals surface area contributed by atoms with Gasteiger partial charge in [-0.15, -0.1) is 11.8 Å². The van der Waals surface area contributed by atoms with E-state index in [0.717, 1.165) is 31.3 Å². The number of hydrogen-bond acceptors (Lipinski definition) is 7. The Morgan fingerprint density at radius 2 is 1.97 bits per heavy atom. The van der Waals surface area contributed by atoms with Crippen molar-refractivity contribution in [3.05, 3.63) is 47.2 Å². The Balaban J connectivity index is 1.56. The Labute approximate surface area is 225 Å². The van der Waals surface area contributed by atoms with Gasteiger partial charge in [-0.3, -0.25) is 4.79 Å². The molecule has 7 unspecified atom stereocenters. The summed E-state index contributed by atoms with van der Waals surface area (Å²) >= 11 is 1.70. The highest BCUT2D eigenvalue weighted by molar-refractivity contribution is 7.98. The Morgan fingerprint density at radius 1 is 1.22 bits per heavy atom. The van der Waals surface area contributed by atoms with Crippen molar-refractivity contribution in [3.63, 3.8) is 0 Å². The molecule has 7 heteroatoms. The van der Waals surface area contributed by atoms with Gasteiger partial charge in [-0.05, 0) is 56.3 Å². The van der Waals surface area contributed by atoms with Gasteiger partial charge >= 0.3 is 0 Å². The first kappa shape index (κ1) is 27.2. The van der Waals surface area contributed by atoms with Crippen LogP contribution in [0.2, 0.25) is 0 Å². The summed E-state index contributed by atoms with van der Waals surface area (Å²) in [6, 6.07) is 9.37. The van der Waals surface area contributed by atoms with Gasteiger partial charge in [-0.1, -0.05) is 51.1 Å². The van der Waals surface area contributed by atoms with Crippen molar-refractivity contribution in [2.24, 2.45) is 23.2 Å². The molecule has 1 spiro atoms. The molecule has 0 bridgehead atoms. The standard InChI is InChI=1S/C30H42O6S/c1-19(2)22-15-24-30(36-24)28(3)14-10-13-21(23(28)16-35-29(30,4)27(22)34-18-37-6)26(33-17-32-5)25(31)20-11-8-7-9-12-20/h7-9,11-12,19,22-24,27H,10,13-18H2,1-6H3/b26-21+. The summed E-state index contributed by atoms with van der Waals surface area (Å²) in [7, 11) is 1.58. The van der Waals surface area contributed by atoms with Gasteiger partial charge in [0.25, 0.3) is 0 Å². The van der Waals surface area contributed by atoms with Crippen LogP contribution >= 0.6 is 11.8 Å². The lowest BCUT2D eigenvalue weighted by Crippen LogP contribution is -2.72. The fourth-order valence-electron chi connectivity index (χ4n) is 7.92. The van der Waals surface area contributed by atoms with E-state index in [-0.39, 0.29) is 36.1 Å². The molecule has 1 aromatic rings. The second kappa shape index (κ2) is 10.3. The second-order valence-electron chi connectivity index (χ2n) is 11.8. The summed E-state index contributed by atoms with van der Waals surface area (Å²) in [4.78, 5) is 13.7. The van der Waals surface area contributed by atoms with Crippen LogP contribution in [0.25, 0.3) is 0 Å². The van der Waals surface area contributed by atoms with Crippen LogP contribution in [0.3, 0.4) is 0 Å². The number of Topliss-reactive ketones (excluding diaryl/α,β-unsaturated/α-hetero) is 1. The molecule has 0 N–H and O–H groups in total. The first-order valence-electron chi connectivity index (χ1n) is 13.6. The van der Waals surface area contributed by atoms with E-state index in [2.05, 4.69) is 34.0 Å². The third kappa shape index (κ3) is 4.11. The second-order valence-corrected chi connectivity index (χ2v) is 12.6. The highest BCUT2D eigenvalue weighted by Gasteiger charge is 2.83. The van der Waals surface area contributed by atoms with E-state index in [1.165, 1.54) is 0 Å². The van der Waals surface area contributed by atoms with Crippen molar-refractivity contribution >= 4 is 17.5 Å². The molecular formula is C30H42O6S. The van der Waals surface area contributed by atoms with E-state index in [9.17, 15) is 4.79 Å². The quantitative estimate of drug-likeness (QED) is 0.130. The molecule has 2 aliphatic carbocycles. The van der Waals surface area contributed by atoms with E-state index < -0.39 is 11.2 Å². The number of ether oxygens (including phenoxy) is 5. The zero-order valence-electron chi connectivity index (χ0n) is 23.1. The highest BCUT2D eigenvalue weighted by atomic mass is 32.2. The summed E-state index contributed by atoms with van der Waals surface area (Å²) in [6.45, 7) is 9.70. The Morgan fingerprint density at radius 3 is 2.65 bits per heavy atom. The largest absolute Gasteiger partial charge is 0.463 e. The zero-order chi connectivity index (χ0) is 26.4.